The van der Waals surface area contributed by atoms with E-state index in [9.17, 15) is 15.0 Å². The maximum absolute atomic E-state index is 13.5. The van der Waals surface area contributed by atoms with Crippen molar-refractivity contribution in [1.82, 2.24) is 4.90 Å². The molecule has 0 atom stereocenters. The van der Waals surface area contributed by atoms with Gasteiger partial charge in [0, 0.05) is 19.7 Å². The topological polar surface area (TPSA) is 70.0 Å². The Morgan fingerprint density at radius 3 is 1.15 bits per heavy atom. The van der Waals surface area contributed by atoms with Crippen LogP contribution in [0.3, 0.4) is 0 Å². The Morgan fingerprint density at radius 2 is 0.923 bits per heavy atom. The SMILES string of the molecule is CCOCC(=O)N(Cc1cc(C(C)(C)C)c(O)c(C(C)(C)C)c1)Cc1cc(C(C)(C)C)c(O)c(C(C)(C)C)c1. The summed E-state index contributed by atoms with van der Waals surface area (Å²) in [5, 5.41) is 22.4. The molecule has 39 heavy (non-hydrogen) atoms. The summed E-state index contributed by atoms with van der Waals surface area (Å²) in [6.45, 7) is 28.2. The zero-order chi connectivity index (χ0) is 30.1. The van der Waals surface area contributed by atoms with E-state index in [1.54, 1.807) is 0 Å². The lowest BCUT2D eigenvalue weighted by Gasteiger charge is -2.31. The zero-order valence-corrected chi connectivity index (χ0v) is 26.8. The molecule has 0 aromatic heterocycles. The number of phenolic OH excluding ortho intramolecular Hbond substituents is 2. The van der Waals surface area contributed by atoms with Crippen molar-refractivity contribution >= 4 is 5.91 Å². The Balaban J connectivity index is 2.68. The number of hydrogen-bond donors (Lipinski definition) is 2. The Bertz CT molecular complexity index is 1010. The number of rotatable bonds is 7. The van der Waals surface area contributed by atoms with E-state index in [1.165, 1.54) is 0 Å². The van der Waals surface area contributed by atoms with Gasteiger partial charge in [0.25, 0.3) is 0 Å². The van der Waals surface area contributed by atoms with Crippen LogP contribution in [-0.2, 0) is 44.3 Å². The lowest BCUT2D eigenvalue weighted by atomic mass is 9.78. The fourth-order valence-electron chi connectivity index (χ4n) is 4.81. The first-order valence-electron chi connectivity index (χ1n) is 14.2. The normalized spacial score (nSPS) is 13.1. The van der Waals surface area contributed by atoms with Crippen molar-refractivity contribution in [3.63, 3.8) is 0 Å². The summed E-state index contributed by atoms with van der Waals surface area (Å²) >= 11 is 0. The largest absolute Gasteiger partial charge is 0.507 e. The lowest BCUT2D eigenvalue weighted by molar-refractivity contribution is -0.137. The molecule has 2 aromatic rings. The lowest BCUT2D eigenvalue weighted by Crippen LogP contribution is -2.34. The van der Waals surface area contributed by atoms with Gasteiger partial charge in [0.05, 0.1) is 0 Å². The molecule has 0 aliphatic rings. The van der Waals surface area contributed by atoms with Gasteiger partial charge in [-0.05, 0) is 86.2 Å². The van der Waals surface area contributed by atoms with Crippen LogP contribution >= 0.6 is 0 Å². The average Bonchev–Trinajstić information content (AvgIpc) is 2.75. The molecule has 0 aliphatic heterocycles. The highest BCUT2D eigenvalue weighted by atomic mass is 16.5. The first-order valence-corrected chi connectivity index (χ1v) is 14.2. The van der Waals surface area contributed by atoms with Gasteiger partial charge in [-0.25, -0.2) is 0 Å². The maximum atomic E-state index is 13.5. The number of phenols is 2. The molecule has 2 aromatic carbocycles. The van der Waals surface area contributed by atoms with Crippen molar-refractivity contribution in [2.24, 2.45) is 0 Å². The molecule has 0 aliphatic carbocycles. The molecular weight excluding hydrogens is 486 g/mol. The summed E-state index contributed by atoms with van der Waals surface area (Å²) in [5.41, 5.74) is 4.38. The maximum Gasteiger partial charge on any atom is 0.249 e. The van der Waals surface area contributed by atoms with Gasteiger partial charge < -0.3 is 19.8 Å². The first kappa shape index (κ1) is 32.7. The summed E-state index contributed by atoms with van der Waals surface area (Å²) in [7, 11) is 0. The zero-order valence-electron chi connectivity index (χ0n) is 26.8. The number of amides is 1. The number of carbonyl (C=O) groups excluding carboxylic acids is 1. The van der Waals surface area contributed by atoms with Gasteiger partial charge in [-0.3, -0.25) is 4.79 Å². The van der Waals surface area contributed by atoms with Gasteiger partial charge >= 0.3 is 0 Å². The van der Waals surface area contributed by atoms with Crippen LogP contribution in [0, 0.1) is 0 Å². The predicted molar refractivity (Wildman–Crippen MR) is 162 cm³/mol. The van der Waals surface area contributed by atoms with Crippen molar-refractivity contribution in [1.29, 1.82) is 0 Å². The standard InChI is InChI=1S/C34H53NO4/c1-14-39-21-28(36)35(19-22-15-24(31(2,3)4)29(37)25(16-22)32(5,6)7)20-23-17-26(33(8,9)10)30(38)27(18-23)34(11,12)13/h15-18,37-38H,14,19-21H2,1-13H3. The van der Waals surface area contributed by atoms with Crippen molar-refractivity contribution in [3.8, 4) is 11.5 Å². The first-order chi connectivity index (χ1) is 17.6. The smallest absolute Gasteiger partial charge is 0.249 e. The van der Waals surface area contributed by atoms with Crippen LogP contribution in [0.2, 0.25) is 0 Å². The second kappa shape index (κ2) is 11.5. The minimum Gasteiger partial charge on any atom is -0.507 e. The predicted octanol–water partition coefficient (Wildman–Crippen LogP) is 7.85. The third kappa shape index (κ3) is 8.23. The number of carbonyl (C=O) groups is 1. The molecule has 2 N–H and O–H groups in total. The van der Waals surface area contributed by atoms with Gasteiger partial charge in [0.1, 0.15) is 18.1 Å². The van der Waals surface area contributed by atoms with E-state index in [2.05, 4.69) is 83.1 Å². The van der Waals surface area contributed by atoms with Crippen LogP contribution in [0.15, 0.2) is 24.3 Å². The molecule has 0 fully saturated rings. The van der Waals surface area contributed by atoms with E-state index in [4.69, 9.17) is 4.74 Å². The molecular formula is C34H53NO4. The van der Waals surface area contributed by atoms with Gasteiger partial charge in [-0.2, -0.15) is 0 Å². The Hall–Kier alpha value is -2.53. The Morgan fingerprint density at radius 1 is 0.641 bits per heavy atom. The molecule has 2 rings (SSSR count). The third-order valence-electron chi connectivity index (χ3n) is 7.10. The van der Waals surface area contributed by atoms with Crippen molar-refractivity contribution in [3.05, 3.63) is 57.6 Å². The number of benzene rings is 2. The van der Waals surface area contributed by atoms with Crippen molar-refractivity contribution in [2.75, 3.05) is 13.2 Å². The molecule has 218 valence electrons. The van der Waals surface area contributed by atoms with E-state index in [1.807, 2.05) is 36.1 Å². The summed E-state index contributed by atoms with van der Waals surface area (Å²) in [6, 6.07) is 8.13. The van der Waals surface area contributed by atoms with Crippen LogP contribution in [-0.4, -0.2) is 34.2 Å². The highest BCUT2D eigenvalue weighted by Gasteiger charge is 2.29. The highest BCUT2D eigenvalue weighted by molar-refractivity contribution is 5.77. The van der Waals surface area contributed by atoms with Gasteiger partial charge in [-0.1, -0.05) is 83.1 Å². The quantitative estimate of drug-likeness (QED) is 0.376. The van der Waals surface area contributed by atoms with Gasteiger partial charge in [0.15, 0.2) is 0 Å². The molecule has 0 heterocycles. The summed E-state index contributed by atoms with van der Waals surface area (Å²) in [6.07, 6.45) is 0. The van der Waals surface area contributed by atoms with E-state index in [0.717, 1.165) is 33.4 Å². The monoisotopic (exact) mass is 539 g/mol. The molecule has 0 radical (unpaired) electrons. The second-order valence-electron chi connectivity index (χ2n) is 15.0. The minimum absolute atomic E-state index is 0.00315. The summed E-state index contributed by atoms with van der Waals surface area (Å²) in [5.74, 6) is 0.561. The fraction of sp³-hybridized carbons (Fsp3) is 0.618. The van der Waals surface area contributed by atoms with E-state index in [-0.39, 0.29) is 34.2 Å². The van der Waals surface area contributed by atoms with Crippen molar-refractivity contribution < 1.29 is 19.7 Å². The van der Waals surface area contributed by atoms with Crippen LogP contribution in [0.4, 0.5) is 0 Å². The van der Waals surface area contributed by atoms with Crippen LogP contribution < -0.4 is 0 Å². The molecule has 0 unspecified atom stereocenters. The Labute approximate surface area is 237 Å². The molecule has 5 heteroatoms. The van der Waals surface area contributed by atoms with E-state index in [0.29, 0.717) is 31.2 Å². The average molecular weight is 540 g/mol. The number of aromatic hydroxyl groups is 2. The molecule has 0 spiro atoms. The van der Waals surface area contributed by atoms with E-state index < -0.39 is 0 Å². The van der Waals surface area contributed by atoms with Crippen LogP contribution in [0.1, 0.15) is 123 Å². The highest BCUT2D eigenvalue weighted by Crippen LogP contribution is 2.41. The fourth-order valence-corrected chi connectivity index (χ4v) is 4.81. The second-order valence-corrected chi connectivity index (χ2v) is 15.0. The van der Waals surface area contributed by atoms with Crippen LogP contribution in [0.25, 0.3) is 0 Å². The number of hydrogen-bond acceptors (Lipinski definition) is 4. The van der Waals surface area contributed by atoms with Gasteiger partial charge in [0.2, 0.25) is 5.91 Å². The number of nitrogens with zero attached hydrogens (tertiary/aromatic N) is 1. The van der Waals surface area contributed by atoms with Crippen LogP contribution in [0.5, 0.6) is 11.5 Å². The Kier molecular flexibility index (Phi) is 9.66. The van der Waals surface area contributed by atoms with Gasteiger partial charge in [-0.15, -0.1) is 0 Å². The molecule has 0 saturated heterocycles. The third-order valence-corrected chi connectivity index (χ3v) is 7.10. The molecule has 0 saturated carbocycles. The van der Waals surface area contributed by atoms with Crippen molar-refractivity contribution in [2.45, 2.75) is 125 Å². The van der Waals surface area contributed by atoms with E-state index >= 15 is 0 Å². The molecule has 5 nitrogen and oxygen atoms in total. The summed E-state index contributed by atoms with van der Waals surface area (Å²) in [4.78, 5) is 15.3. The minimum atomic E-state index is -0.263. The molecule has 1 amide bonds. The number of ether oxygens (including phenoxy) is 1. The summed E-state index contributed by atoms with van der Waals surface area (Å²) < 4.78 is 5.53. The molecule has 0 bridgehead atoms.